The van der Waals surface area contributed by atoms with Crippen LogP contribution in [-0.2, 0) is 16.9 Å². The van der Waals surface area contributed by atoms with Crippen LogP contribution < -0.4 is 15.4 Å². The van der Waals surface area contributed by atoms with Gasteiger partial charge in [-0.2, -0.15) is 10.1 Å². The minimum atomic E-state index is -3.64. The molecule has 1 aliphatic carbocycles. The summed E-state index contributed by atoms with van der Waals surface area (Å²) >= 11 is 6.45. The number of hydrogen-bond acceptors (Lipinski definition) is 9. The van der Waals surface area contributed by atoms with Gasteiger partial charge in [-0.3, -0.25) is 4.68 Å². The second-order valence-electron chi connectivity index (χ2n) is 11.9. The van der Waals surface area contributed by atoms with Gasteiger partial charge in [0.1, 0.15) is 10.8 Å². The second kappa shape index (κ2) is 13.8. The van der Waals surface area contributed by atoms with E-state index in [1.54, 1.807) is 27.1 Å². The summed E-state index contributed by atoms with van der Waals surface area (Å²) in [7, 11) is -1.97. The Labute approximate surface area is 261 Å². The van der Waals surface area contributed by atoms with Gasteiger partial charge in [0.15, 0.2) is 5.82 Å². The van der Waals surface area contributed by atoms with Gasteiger partial charge >= 0.3 is 0 Å². The summed E-state index contributed by atoms with van der Waals surface area (Å²) in [4.78, 5) is 11.6. The van der Waals surface area contributed by atoms with Gasteiger partial charge in [-0.05, 0) is 103 Å². The maximum atomic E-state index is 12.9. The highest BCUT2D eigenvalue weighted by Gasteiger charge is 2.28. The van der Waals surface area contributed by atoms with Crippen molar-refractivity contribution in [3.63, 3.8) is 0 Å². The molecule has 0 saturated heterocycles. The van der Waals surface area contributed by atoms with E-state index < -0.39 is 15.1 Å². The van der Waals surface area contributed by atoms with E-state index in [9.17, 15) is 8.42 Å². The lowest BCUT2D eigenvalue weighted by atomic mass is 9.79. The van der Waals surface area contributed by atoms with Crippen molar-refractivity contribution in [1.29, 1.82) is 0 Å². The summed E-state index contributed by atoms with van der Waals surface area (Å²) in [5, 5.41) is 10.1. The highest BCUT2D eigenvalue weighted by Crippen LogP contribution is 2.41. The van der Waals surface area contributed by atoms with Crippen molar-refractivity contribution >= 4 is 44.6 Å². The highest BCUT2D eigenvalue weighted by molar-refractivity contribution is 7.92. The van der Waals surface area contributed by atoms with Crippen molar-refractivity contribution in [1.82, 2.24) is 24.6 Å². The van der Waals surface area contributed by atoms with Crippen LogP contribution in [0, 0.1) is 6.92 Å². The summed E-state index contributed by atoms with van der Waals surface area (Å²) in [6, 6.07) is 4.94. The normalized spacial score (nSPS) is 17.6. The third-order valence-electron chi connectivity index (χ3n) is 8.12. The lowest BCUT2D eigenvalue weighted by Gasteiger charge is -2.36. The average molecular weight is 632 g/mol. The fourth-order valence-electron chi connectivity index (χ4n) is 5.83. The molecule has 2 heterocycles. The lowest BCUT2D eigenvalue weighted by Crippen LogP contribution is -2.37. The third-order valence-corrected chi connectivity index (χ3v) is 10.5. The molecule has 0 aliphatic heterocycles. The minimum absolute atomic E-state index is 0.0234. The van der Waals surface area contributed by atoms with Crippen LogP contribution >= 0.6 is 11.6 Å². The van der Waals surface area contributed by atoms with Crippen molar-refractivity contribution in [3.05, 3.63) is 40.7 Å². The van der Waals surface area contributed by atoms with Crippen LogP contribution in [0.2, 0.25) is 5.02 Å². The summed E-state index contributed by atoms with van der Waals surface area (Å²) in [6.45, 7) is 16.1. The standard InChI is InChI=1S/C31H46ClN7O3S/c1-9-39(10-2)23-13-11-22(12-14-23)24-16-28(42-19(3)4)26(15-21(24)7)35-31-33-17-25(32)29(36-31)34-27-18-38(8)37-30(27)43(40,41)20(5)6/h15-20,22-23H,9-14H2,1-8H3,(H2,33,34,35,36)/t22-,23+. The first-order valence-corrected chi connectivity index (χ1v) is 17.2. The molecule has 10 nitrogen and oxygen atoms in total. The van der Waals surface area contributed by atoms with E-state index in [4.69, 9.17) is 16.3 Å². The van der Waals surface area contributed by atoms with E-state index in [1.807, 2.05) is 13.8 Å². The molecule has 4 rings (SSSR count). The fraction of sp³-hybridized carbons (Fsp3) is 0.581. The van der Waals surface area contributed by atoms with E-state index in [0.29, 0.717) is 23.6 Å². The van der Waals surface area contributed by atoms with Gasteiger partial charge < -0.3 is 20.3 Å². The molecule has 3 aromatic rings. The van der Waals surface area contributed by atoms with Crippen molar-refractivity contribution in [2.75, 3.05) is 23.7 Å². The SMILES string of the molecule is CCN(CC)[C@H]1CC[C@@H](c2cc(OC(C)C)c(Nc3ncc(Cl)c(Nc4cn(C)nc4S(=O)(=O)C(C)C)n3)cc2C)CC1. The summed E-state index contributed by atoms with van der Waals surface area (Å²) in [5.41, 5.74) is 3.57. The molecular formula is C31H46ClN7O3S. The lowest BCUT2D eigenvalue weighted by molar-refractivity contribution is 0.163. The van der Waals surface area contributed by atoms with Crippen LogP contribution in [0.5, 0.6) is 5.75 Å². The molecule has 2 N–H and O–H groups in total. The Hall–Kier alpha value is -2.89. The second-order valence-corrected chi connectivity index (χ2v) is 14.7. The number of hydrogen-bond donors (Lipinski definition) is 2. The smallest absolute Gasteiger partial charge is 0.229 e. The summed E-state index contributed by atoms with van der Waals surface area (Å²) in [6.07, 6.45) is 7.78. The van der Waals surface area contributed by atoms with Crippen LogP contribution in [0.25, 0.3) is 0 Å². The van der Waals surface area contributed by atoms with Crippen molar-refractivity contribution in [2.24, 2.45) is 7.05 Å². The van der Waals surface area contributed by atoms with Gasteiger partial charge in [0.2, 0.25) is 20.8 Å². The van der Waals surface area contributed by atoms with E-state index in [1.165, 1.54) is 34.8 Å². The predicted octanol–water partition coefficient (Wildman–Crippen LogP) is 7.00. The molecule has 0 unspecified atom stereocenters. The Morgan fingerprint density at radius 1 is 1.07 bits per heavy atom. The molecule has 0 spiro atoms. The van der Waals surface area contributed by atoms with Gasteiger partial charge in [-0.25, -0.2) is 13.4 Å². The molecule has 2 aromatic heterocycles. The number of rotatable bonds is 12. The molecule has 1 fully saturated rings. The molecule has 0 atom stereocenters. The Kier molecular flexibility index (Phi) is 10.6. The zero-order valence-corrected chi connectivity index (χ0v) is 28.2. The molecular weight excluding hydrogens is 586 g/mol. The van der Waals surface area contributed by atoms with Crippen LogP contribution in [-0.4, -0.2) is 63.6 Å². The van der Waals surface area contributed by atoms with E-state index in [2.05, 4.69) is 63.5 Å². The number of benzene rings is 1. The molecule has 0 bridgehead atoms. The fourth-order valence-corrected chi connectivity index (χ4v) is 7.07. The maximum Gasteiger partial charge on any atom is 0.229 e. The van der Waals surface area contributed by atoms with Crippen LogP contribution in [0.15, 0.2) is 29.6 Å². The van der Waals surface area contributed by atoms with E-state index in [-0.39, 0.29) is 22.0 Å². The van der Waals surface area contributed by atoms with Crippen LogP contribution in [0.3, 0.4) is 0 Å². The number of aromatic nitrogens is 4. The number of sulfone groups is 1. The number of nitrogens with zero attached hydrogens (tertiary/aromatic N) is 5. The average Bonchev–Trinajstić information content (AvgIpc) is 3.33. The van der Waals surface area contributed by atoms with E-state index >= 15 is 0 Å². The van der Waals surface area contributed by atoms with E-state index in [0.717, 1.165) is 37.4 Å². The van der Waals surface area contributed by atoms with Gasteiger partial charge in [-0.15, -0.1) is 0 Å². The van der Waals surface area contributed by atoms with Gasteiger partial charge in [0.05, 0.1) is 28.9 Å². The van der Waals surface area contributed by atoms with Gasteiger partial charge in [0.25, 0.3) is 0 Å². The molecule has 12 heteroatoms. The highest BCUT2D eigenvalue weighted by atomic mass is 35.5. The predicted molar refractivity (Wildman–Crippen MR) is 174 cm³/mol. The number of halogens is 1. The first kappa shape index (κ1) is 33.0. The zero-order chi connectivity index (χ0) is 31.5. The third kappa shape index (κ3) is 7.61. The Bertz CT molecular complexity index is 1510. The van der Waals surface area contributed by atoms with Crippen LogP contribution in [0.4, 0.5) is 23.1 Å². The number of aryl methyl sites for hydroxylation is 2. The molecule has 1 aliphatic rings. The molecule has 236 valence electrons. The summed E-state index contributed by atoms with van der Waals surface area (Å²) in [5.74, 6) is 1.79. The minimum Gasteiger partial charge on any atom is -0.489 e. The first-order chi connectivity index (χ1) is 20.3. The van der Waals surface area contributed by atoms with Crippen molar-refractivity contribution in [3.8, 4) is 5.75 Å². The number of ether oxygens (including phenoxy) is 1. The Morgan fingerprint density at radius 2 is 1.74 bits per heavy atom. The van der Waals surface area contributed by atoms with Crippen molar-refractivity contribution < 1.29 is 13.2 Å². The molecule has 0 amide bonds. The van der Waals surface area contributed by atoms with Crippen LogP contribution in [0.1, 0.15) is 84.3 Å². The quantitative estimate of drug-likeness (QED) is 0.218. The van der Waals surface area contributed by atoms with Crippen molar-refractivity contribution in [2.45, 2.75) is 102 Å². The first-order valence-electron chi connectivity index (χ1n) is 15.2. The van der Waals surface area contributed by atoms with Gasteiger partial charge in [0, 0.05) is 19.3 Å². The monoisotopic (exact) mass is 631 g/mol. The maximum absolute atomic E-state index is 12.9. The summed E-state index contributed by atoms with van der Waals surface area (Å²) < 4.78 is 33.6. The Balaban J connectivity index is 1.60. The molecule has 1 aromatic carbocycles. The number of nitrogens with one attached hydrogen (secondary N) is 2. The topological polar surface area (TPSA) is 114 Å². The largest absolute Gasteiger partial charge is 0.489 e. The van der Waals surface area contributed by atoms with Gasteiger partial charge in [-0.1, -0.05) is 25.4 Å². The zero-order valence-electron chi connectivity index (χ0n) is 26.6. The molecule has 0 radical (unpaired) electrons. The molecule has 1 saturated carbocycles. The number of anilines is 4. The Morgan fingerprint density at radius 3 is 2.35 bits per heavy atom. The molecule has 43 heavy (non-hydrogen) atoms.